The summed E-state index contributed by atoms with van der Waals surface area (Å²) in [5, 5.41) is 3.56. The molecule has 4 fully saturated rings. The van der Waals surface area contributed by atoms with Gasteiger partial charge in [0.05, 0.1) is 12.0 Å². The van der Waals surface area contributed by atoms with E-state index in [4.69, 9.17) is 4.74 Å². The minimum atomic E-state index is -0.234. The fourth-order valence-electron chi connectivity index (χ4n) is 4.81. The van der Waals surface area contributed by atoms with Crippen LogP contribution in [0.3, 0.4) is 0 Å². The number of ketones is 1. The molecule has 86 valence electrons. The zero-order chi connectivity index (χ0) is 11.3. The summed E-state index contributed by atoms with van der Waals surface area (Å²) in [5.41, 5.74) is -0.325. The highest BCUT2D eigenvalue weighted by atomic mass is 16.6. The zero-order valence-corrected chi connectivity index (χ0v) is 9.45. The van der Waals surface area contributed by atoms with E-state index in [1.54, 1.807) is 0 Å². The maximum atomic E-state index is 11.9. The molecule has 0 aromatic rings. The summed E-state index contributed by atoms with van der Waals surface area (Å²) in [6, 6.07) is 0.153. The Hall–Kier alpha value is -0.900. The van der Waals surface area contributed by atoms with E-state index >= 15 is 0 Å². The maximum Gasteiger partial charge on any atom is 0.311 e. The molecule has 3 heterocycles. The molecule has 16 heavy (non-hydrogen) atoms. The SMILES string of the molecule is C[C@]12CC(=O)C[C@@H]3[C@@H]4OC(=O)[C@H]1[C@@H]4N[C@@]32C. The van der Waals surface area contributed by atoms with Gasteiger partial charge in [-0.25, -0.2) is 0 Å². The van der Waals surface area contributed by atoms with Gasteiger partial charge >= 0.3 is 5.97 Å². The number of rotatable bonds is 0. The molecule has 0 amide bonds. The molecule has 1 aliphatic carbocycles. The Bertz CT molecular complexity index is 434. The van der Waals surface area contributed by atoms with E-state index in [9.17, 15) is 9.59 Å². The largest absolute Gasteiger partial charge is 0.460 e. The van der Waals surface area contributed by atoms with Crippen LogP contribution in [0.15, 0.2) is 0 Å². The van der Waals surface area contributed by atoms with Gasteiger partial charge in [0.2, 0.25) is 0 Å². The van der Waals surface area contributed by atoms with Crippen LogP contribution in [-0.4, -0.2) is 29.4 Å². The number of carbonyl (C=O) groups is 2. The van der Waals surface area contributed by atoms with E-state index in [1.165, 1.54) is 0 Å². The molecule has 6 atom stereocenters. The molecule has 1 N–H and O–H groups in total. The summed E-state index contributed by atoms with van der Waals surface area (Å²) in [7, 11) is 0. The Morgan fingerprint density at radius 3 is 2.88 bits per heavy atom. The second-order valence-corrected chi connectivity index (χ2v) is 6.20. The highest BCUT2D eigenvalue weighted by molar-refractivity contribution is 5.87. The smallest absolute Gasteiger partial charge is 0.311 e. The first-order valence-electron chi connectivity index (χ1n) is 5.97. The van der Waals surface area contributed by atoms with Crippen LogP contribution in [0.4, 0.5) is 0 Å². The number of fused-ring (bicyclic) bond motifs is 2. The lowest BCUT2D eigenvalue weighted by Gasteiger charge is -2.50. The van der Waals surface area contributed by atoms with Crippen molar-refractivity contribution in [3.05, 3.63) is 0 Å². The number of ether oxygens (including phenoxy) is 1. The Kier molecular flexibility index (Phi) is 1.26. The molecule has 0 aromatic carbocycles. The quantitative estimate of drug-likeness (QED) is 0.596. The molecule has 4 aliphatic rings. The average molecular weight is 221 g/mol. The molecule has 2 bridgehead atoms. The van der Waals surface area contributed by atoms with Gasteiger partial charge in [0.25, 0.3) is 0 Å². The molecule has 0 radical (unpaired) electrons. The third-order valence-corrected chi connectivity index (χ3v) is 5.71. The van der Waals surface area contributed by atoms with Crippen molar-refractivity contribution in [3.8, 4) is 0 Å². The Balaban J connectivity index is 1.96. The van der Waals surface area contributed by atoms with Gasteiger partial charge in [-0.3, -0.25) is 9.59 Å². The van der Waals surface area contributed by atoms with Crippen molar-refractivity contribution in [2.45, 2.75) is 44.4 Å². The van der Waals surface area contributed by atoms with E-state index in [2.05, 4.69) is 19.2 Å². The fraction of sp³-hybridized carbons (Fsp3) is 0.833. The van der Waals surface area contributed by atoms with Crippen LogP contribution in [0.1, 0.15) is 26.7 Å². The Labute approximate surface area is 93.7 Å². The average Bonchev–Trinajstić information content (AvgIpc) is 2.67. The summed E-state index contributed by atoms with van der Waals surface area (Å²) in [6.45, 7) is 4.25. The van der Waals surface area contributed by atoms with Crippen molar-refractivity contribution in [2.75, 3.05) is 0 Å². The van der Waals surface area contributed by atoms with Gasteiger partial charge in [-0.15, -0.1) is 0 Å². The van der Waals surface area contributed by atoms with Crippen molar-refractivity contribution in [2.24, 2.45) is 17.3 Å². The monoisotopic (exact) mass is 221 g/mol. The molecule has 3 saturated heterocycles. The van der Waals surface area contributed by atoms with E-state index in [0.717, 1.165) is 0 Å². The van der Waals surface area contributed by atoms with E-state index in [1.807, 2.05) is 0 Å². The minimum Gasteiger partial charge on any atom is -0.460 e. The first-order valence-corrected chi connectivity index (χ1v) is 5.97. The standard InChI is InChI=1S/C12H15NO3/c1-11-4-5(14)3-6-9-8(13-12(6,11)2)7(11)10(15)16-9/h6-9,13H,3-4H2,1-2H3/t6-,7-,8+,9+,11+,12+/m1/s1. The molecular weight excluding hydrogens is 206 g/mol. The van der Waals surface area contributed by atoms with Gasteiger partial charge in [0, 0.05) is 29.7 Å². The lowest BCUT2D eigenvalue weighted by atomic mass is 9.51. The van der Waals surface area contributed by atoms with Gasteiger partial charge in [-0.05, 0) is 6.92 Å². The van der Waals surface area contributed by atoms with Gasteiger partial charge in [-0.1, -0.05) is 6.92 Å². The number of nitrogens with one attached hydrogen (secondary N) is 1. The van der Waals surface area contributed by atoms with Crippen molar-refractivity contribution in [1.82, 2.24) is 5.32 Å². The van der Waals surface area contributed by atoms with Crippen LogP contribution in [0.25, 0.3) is 0 Å². The van der Waals surface area contributed by atoms with Gasteiger partial charge in [-0.2, -0.15) is 0 Å². The molecule has 4 rings (SSSR count). The second-order valence-electron chi connectivity index (χ2n) is 6.20. The molecular formula is C12H15NO3. The summed E-state index contributed by atoms with van der Waals surface area (Å²) < 4.78 is 5.48. The highest BCUT2D eigenvalue weighted by Crippen LogP contribution is 2.65. The van der Waals surface area contributed by atoms with Crippen LogP contribution in [-0.2, 0) is 14.3 Å². The van der Waals surface area contributed by atoms with E-state index in [-0.39, 0.29) is 40.9 Å². The normalized spacial score (nSPS) is 61.6. The lowest BCUT2D eigenvalue weighted by Crippen LogP contribution is -2.59. The number of hydrogen-bond acceptors (Lipinski definition) is 4. The maximum absolute atomic E-state index is 11.9. The summed E-state index contributed by atoms with van der Waals surface area (Å²) >= 11 is 0. The third-order valence-electron chi connectivity index (χ3n) is 5.71. The van der Waals surface area contributed by atoms with Crippen molar-refractivity contribution in [1.29, 1.82) is 0 Å². The molecule has 1 saturated carbocycles. The van der Waals surface area contributed by atoms with Gasteiger partial charge < -0.3 is 10.1 Å². The zero-order valence-electron chi connectivity index (χ0n) is 9.45. The highest BCUT2D eigenvalue weighted by Gasteiger charge is 2.78. The molecule has 4 heteroatoms. The van der Waals surface area contributed by atoms with E-state index < -0.39 is 0 Å². The van der Waals surface area contributed by atoms with Crippen LogP contribution in [0.5, 0.6) is 0 Å². The number of hydrogen-bond donors (Lipinski definition) is 1. The van der Waals surface area contributed by atoms with Crippen LogP contribution in [0.2, 0.25) is 0 Å². The van der Waals surface area contributed by atoms with Crippen LogP contribution in [0, 0.1) is 17.3 Å². The predicted octanol–water partition coefficient (Wildman–Crippen LogP) is 0.257. The molecule has 0 unspecified atom stereocenters. The second kappa shape index (κ2) is 2.21. The van der Waals surface area contributed by atoms with Gasteiger partial charge in [0.15, 0.2) is 0 Å². The topological polar surface area (TPSA) is 55.4 Å². The van der Waals surface area contributed by atoms with Crippen LogP contribution < -0.4 is 5.32 Å². The molecule has 4 nitrogen and oxygen atoms in total. The Morgan fingerprint density at radius 2 is 2.12 bits per heavy atom. The number of carbonyl (C=O) groups excluding carboxylic acids is 2. The minimum absolute atomic E-state index is 0.0557. The van der Waals surface area contributed by atoms with Crippen LogP contribution >= 0.6 is 0 Å². The predicted molar refractivity (Wildman–Crippen MR) is 54.5 cm³/mol. The van der Waals surface area contributed by atoms with Crippen molar-refractivity contribution >= 4 is 11.8 Å². The molecule has 3 aliphatic heterocycles. The molecule has 0 spiro atoms. The van der Waals surface area contributed by atoms with Crippen molar-refractivity contribution in [3.63, 3.8) is 0 Å². The summed E-state index contributed by atoms with van der Waals surface area (Å²) in [5.74, 6) is 0.279. The first kappa shape index (κ1) is 9.16. The molecule has 0 aromatic heterocycles. The third kappa shape index (κ3) is 0.655. The van der Waals surface area contributed by atoms with Gasteiger partial charge in [0.1, 0.15) is 11.9 Å². The fourth-order valence-corrected chi connectivity index (χ4v) is 4.81. The summed E-state index contributed by atoms with van der Waals surface area (Å²) in [4.78, 5) is 23.7. The lowest BCUT2D eigenvalue weighted by molar-refractivity contribution is -0.145. The first-order chi connectivity index (χ1) is 7.47. The van der Waals surface area contributed by atoms with Crippen molar-refractivity contribution < 1.29 is 14.3 Å². The number of esters is 1. The Morgan fingerprint density at radius 1 is 1.38 bits per heavy atom. The van der Waals surface area contributed by atoms with E-state index in [0.29, 0.717) is 18.6 Å². The summed E-state index contributed by atoms with van der Waals surface area (Å²) in [6.07, 6.45) is 1.04. The number of Topliss-reactive ketones (excluding diaryl/α,β-unsaturated/α-hetero) is 1.